The first-order valence-corrected chi connectivity index (χ1v) is 11.5. The Morgan fingerprint density at radius 2 is 1.77 bits per heavy atom. The molecule has 1 heterocycles. The number of amides is 1. The number of nitrogens with one attached hydrogen (secondary N) is 1. The molecule has 0 aromatic heterocycles. The van der Waals surface area contributed by atoms with Gasteiger partial charge in [-0.05, 0) is 55.3 Å². The van der Waals surface area contributed by atoms with Crippen LogP contribution in [-0.4, -0.2) is 59.0 Å². The van der Waals surface area contributed by atoms with Crippen molar-refractivity contribution in [1.82, 2.24) is 9.62 Å². The predicted molar refractivity (Wildman–Crippen MR) is 118 cm³/mol. The molecule has 2 aromatic rings. The summed E-state index contributed by atoms with van der Waals surface area (Å²) in [6.07, 6.45) is 1.60. The van der Waals surface area contributed by atoms with Crippen LogP contribution in [0.25, 0.3) is 0 Å². The Hall–Kier alpha value is -2.29. The van der Waals surface area contributed by atoms with Crippen LogP contribution in [0.5, 0.6) is 5.75 Å². The van der Waals surface area contributed by atoms with Gasteiger partial charge in [0.25, 0.3) is 5.91 Å². The van der Waals surface area contributed by atoms with Crippen molar-refractivity contribution in [3.05, 3.63) is 53.1 Å². The molecule has 1 saturated heterocycles. The van der Waals surface area contributed by atoms with Gasteiger partial charge in [-0.1, -0.05) is 11.6 Å². The number of carbonyl (C=O) groups excluding carboxylic acids is 1. The maximum absolute atomic E-state index is 12.7. The highest BCUT2D eigenvalue weighted by Gasteiger charge is 2.25. The molecule has 7 nitrogen and oxygen atoms in total. The van der Waals surface area contributed by atoms with E-state index in [2.05, 4.69) is 10.2 Å². The highest BCUT2D eigenvalue weighted by atomic mass is 35.5. The van der Waals surface area contributed by atoms with Crippen molar-refractivity contribution in [2.24, 2.45) is 0 Å². The molecule has 162 valence electrons. The van der Waals surface area contributed by atoms with Gasteiger partial charge in [-0.25, -0.2) is 12.7 Å². The topological polar surface area (TPSA) is 79.0 Å². The normalized spacial score (nSPS) is 15.3. The molecule has 0 radical (unpaired) electrons. The Kier molecular flexibility index (Phi) is 6.90. The maximum Gasteiger partial charge on any atom is 0.251 e. The number of carbonyl (C=O) groups is 1. The molecule has 0 spiro atoms. The standard InChI is InChI=1S/C21H26ClN3O4S/c1-24(2)30(27,28)20-14-15(4-9-19(20)22)21(26)23-16-10-12-25(13-11-16)17-5-7-18(29-3)8-6-17/h4-9,14,16H,10-13H2,1-3H3,(H,23,26). The molecular weight excluding hydrogens is 426 g/mol. The Morgan fingerprint density at radius 3 is 2.33 bits per heavy atom. The average Bonchev–Trinajstić information content (AvgIpc) is 2.74. The van der Waals surface area contributed by atoms with Crippen LogP contribution in [0, 0.1) is 0 Å². The van der Waals surface area contributed by atoms with E-state index in [9.17, 15) is 13.2 Å². The third-order valence-corrected chi connectivity index (χ3v) is 7.52. The fourth-order valence-electron chi connectivity index (χ4n) is 3.38. The van der Waals surface area contributed by atoms with E-state index in [1.165, 1.54) is 26.2 Å². The summed E-state index contributed by atoms with van der Waals surface area (Å²) in [7, 11) is 0.759. The summed E-state index contributed by atoms with van der Waals surface area (Å²) in [5, 5.41) is 3.11. The van der Waals surface area contributed by atoms with Crippen LogP contribution in [0.15, 0.2) is 47.4 Å². The van der Waals surface area contributed by atoms with Gasteiger partial charge in [-0.3, -0.25) is 4.79 Å². The van der Waals surface area contributed by atoms with E-state index in [0.29, 0.717) is 0 Å². The second-order valence-corrected chi connectivity index (χ2v) is 9.89. The number of hydrogen-bond acceptors (Lipinski definition) is 5. The van der Waals surface area contributed by atoms with Gasteiger partial charge >= 0.3 is 0 Å². The van der Waals surface area contributed by atoms with Gasteiger partial charge in [0, 0.05) is 44.5 Å². The summed E-state index contributed by atoms with van der Waals surface area (Å²) < 4.78 is 31.1. The fraction of sp³-hybridized carbons (Fsp3) is 0.381. The highest BCUT2D eigenvalue weighted by molar-refractivity contribution is 7.89. The lowest BCUT2D eigenvalue weighted by Gasteiger charge is -2.34. The second kappa shape index (κ2) is 9.24. The molecule has 0 atom stereocenters. The van der Waals surface area contributed by atoms with E-state index >= 15 is 0 Å². The molecule has 1 aliphatic heterocycles. The molecule has 1 amide bonds. The minimum absolute atomic E-state index is 0.0246. The maximum atomic E-state index is 12.7. The summed E-state index contributed by atoms with van der Waals surface area (Å²) in [6.45, 7) is 1.64. The summed E-state index contributed by atoms with van der Waals surface area (Å²) in [6, 6.07) is 12.3. The predicted octanol–water partition coefficient (Wildman–Crippen LogP) is 3.00. The molecule has 1 aliphatic rings. The monoisotopic (exact) mass is 451 g/mol. The summed E-state index contributed by atoms with van der Waals surface area (Å²) in [4.78, 5) is 14.9. The summed E-state index contributed by atoms with van der Waals surface area (Å²) >= 11 is 6.06. The van der Waals surface area contributed by atoms with Crippen molar-refractivity contribution in [1.29, 1.82) is 0 Å². The van der Waals surface area contributed by atoms with Crippen molar-refractivity contribution >= 4 is 33.2 Å². The quantitative estimate of drug-likeness (QED) is 0.730. The van der Waals surface area contributed by atoms with Crippen LogP contribution < -0.4 is 15.0 Å². The van der Waals surface area contributed by atoms with Gasteiger partial charge in [0.1, 0.15) is 10.6 Å². The Balaban J connectivity index is 1.63. The van der Waals surface area contributed by atoms with Gasteiger partial charge in [-0.2, -0.15) is 0 Å². The molecule has 2 aromatic carbocycles. The number of anilines is 1. The minimum Gasteiger partial charge on any atom is -0.497 e. The molecule has 0 saturated carbocycles. The molecule has 0 unspecified atom stereocenters. The number of halogens is 1. The highest BCUT2D eigenvalue weighted by Crippen LogP contribution is 2.26. The first kappa shape index (κ1) is 22.4. The lowest BCUT2D eigenvalue weighted by atomic mass is 10.0. The third-order valence-electron chi connectivity index (χ3n) is 5.22. The molecule has 0 bridgehead atoms. The lowest BCUT2D eigenvalue weighted by molar-refractivity contribution is 0.0931. The second-order valence-electron chi connectivity index (χ2n) is 7.37. The van der Waals surface area contributed by atoms with E-state index in [1.54, 1.807) is 13.2 Å². The van der Waals surface area contributed by atoms with E-state index in [-0.39, 0.29) is 27.4 Å². The van der Waals surface area contributed by atoms with E-state index in [1.807, 2.05) is 24.3 Å². The van der Waals surface area contributed by atoms with Crippen LogP contribution in [0.2, 0.25) is 5.02 Å². The number of piperidine rings is 1. The summed E-state index contributed by atoms with van der Waals surface area (Å²) in [5.41, 5.74) is 1.40. The van der Waals surface area contributed by atoms with E-state index in [4.69, 9.17) is 16.3 Å². The largest absolute Gasteiger partial charge is 0.497 e. The van der Waals surface area contributed by atoms with Crippen LogP contribution in [0.3, 0.4) is 0 Å². The zero-order valence-corrected chi connectivity index (χ0v) is 18.8. The van der Waals surface area contributed by atoms with E-state index < -0.39 is 10.0 Å². The fourth-order valence-corrected chi connectivity index (χ4v) is 4.78. The number of nitrogens with zero attached hydrogens (tertiary/aromatic N) is 2. The number of ether oxygens (including phenoxy) is 1. The van der Waals surface area contributed by atoms with Gasteiger partial charge in [0.2, 0.25) is 10.0 Å². The molecule has 9 heteroatoms. The average molecular weight is 452 g/mol. The van der Waals surface area contributed by atoms with Crippen molar-refractivity contribution < 1.29 is 17.9 Å². The van der Waals surface area contributed by atoms with Gasteiger partial charge in [-0.15, -0.1) is 0 Å². The van der Waals surface area contributed by atoms with Crippen molar-refractivity contribution in [2.75, 3.05) is 39.2 Å². The molecule has 30 heavy (non-hydrogen) atoms. The van der Waals surface area contributed by atoms with Crippen LogP contribution in [0.4, 0.5) is 5.69 Å². The van der Waals surface area contributed by atoms with Crippen molar-refractivity contribution in [3.8, 4) is 5.75 Å². The van der Waals surface area contributed by atoms with Crippen LogP contribution >= 0.6 is 11.6 Å². The summed E-state index contributed by atoms with van der Waals surface area (Å²) in [5.74, 6) is 0.518. The van der Waals surface area contributed by atoms with Crippen molar-refractivity contribution in [3.63, 3.8) is 0 Å². The van der Waals surface area contributed by atoms with Gasteiger partial charge in [0.05, 0.1) is 12.1 Å². The molecule has 1 N–H and O–H groups in total. The molecule has 0 aliphatic carbocycles. The zero-order valence-electron chi connectivity index (χ0n) is 17.3. The number of rotatable bonds is 6. The van der Waals surface area contributed by atoms with Crippen molar-refractivity contribution in [2.45, 2.75) is 23.8 Å². The third kappa shape index (κ3) is 4.88. The Morgan fingerprint density at radius 1 is 1.13 bits per heavy atom. The Labute approximate surface area is 182 Å². The van der Waals surface area contributed by atoms with Gasteiger partial charge in [0.15, 0.2) is 0 Å². The number of benzene rings is 2. The first-order chi connectivity index (χ1) is 14.2. The minimum atomic E-state index is -3.73. The smallest absolute Gasteiger partial charge is 0.251 e. The van der Waals surface area contributed by atoms with E-state index in [0.717, 1.165) is 41.7 Å². The zero-order chi connectivity index (χ0) is 21.9. The van der Waals surface area contributed by atoms with Gasteiger partial charge < -0.3 is 15.0 Å². The molecule has 3 rings (SSSR count). The number of hydrogen-bond donors (Lipinski definition) is 1. The van der Waals surface area contributed by atoms with Crippen LogP contribution in [0.1, 0.15) is 23.2 Å². The number of methoxy groups -OCH3 is 1. The lowest BCUT2D eigenvalue weighted by Crippen LogP contribution is -2.44. The Bertz CT molecular complexity index is 1000. The number of sulfonamides is 1. The molecule has 1 fully saturated rings. The van der Waals surface area contributed by atoms with Crippen LogP contribution in [-0.2, 0) is 10.0 Å². The first-order valence-electron chi connectivity index (χ1n) is 9.64. The SMILES string of the molecule is COc1ccc(N2CCC(NC(=O)c3ccc(Cl)c(S(=O)(=O)N(C)C)c3)CC2)cc1. The molecular formula is C21H26ClN3O4S.